The number of fused-ring (bicyclic) bond motifs is 2. The van der Waals surface area contributed by atoms with Crippen LogP contribution in [0.15, 0.2) is 0 Å². The summed E-state index contributed by atoms with van der Waals surface area (Å²) in [4.78, 5) is 26.8. The summed E-state index contributed by atoms with van der Waals surface area (Å²) >= 11 is 0. The van der Waals surface area contributed by atoms with Crippen molar-refractivity contribution in [1.82, 2.24) is 4.90 Å². The largest absolute Gasteiger partial charge is 0.444 e. The van der Waals surface area contributed by atoms with Gasteiger partial charge < -0.3 is 9.64 Å². The standard InChI is InChI=1S/C19H33NO3/c1-5-6-7-8-9-17(21)14-12-15-10-11-16(13-14)20(15)18(22)23-19(2,3)4/h14-16H,5-13H2,1-4H3. The Morgan fingerprint density at radius 2 is 1.65 bits per heavy atom. The number of unbranched alkanes of at least 4 members (excludes halogenated alkanes) is 3. The molecule has 0 saturated carbocycles. The van der Waals surface area contributed by atoms with Crippen LogP contribution in [0.3, 0.4) is 0 Å². The molecule has 2 aliphatic heterocycles. The lowest BCUT2D eigenvalue weighted by Gasteiger charge is -2.39. The molecule has 2 atom stereocenters. The number of piperidine rings is 1. The Bertz CT molecular complexity index is 413. The van der Waals surface area contributed by atoms with Gasteiger partial charge in [0.05, 0.1) is 0 Å². The lowest BCUT2D eigenvalue weighted by Crippen LogP contribution is -2.49. The fourth-order valence-corrected chi connectivity index (χ4v) is 3.98. The molecule has 2 unspecified atom stereocenters. The lowest BCUT2D eigenvalue weighted by molar-refractivity contribution is -0.125. The summed E-state index contributed by atoms with van der Waals surface area (Å²) in [6, 6.07) is 0.404. The maximum absolute atomic E-state index is 12.5. The fourth-order valence-electron chi connectivity index (χ4n) is 3.98. The van der Waals surface area contributed by atoms with Gasteiger partial charge in [-0.05, 0) is 52.9 Å². The molecular formula is C19H33NO3. The molecule has 0 aromatic carbocycles. The minimum atomic E-state index is -0.456. The molecule has 1 amide bonds. The van der Waals surface area contributed by atoms with Crippen LogP contribution in [-0.2, 0) is 9.53 Å². The first-order valence-electron chi connectivity index (χ1n) is 9.36. The van der Waals surface area contributed by atoms with Crippen molar-refractivity contribution in [1.29, 1.82) is 0 Å². The smallest absolute Gasteiger partial charge is 0.410 e. The van der Waals surface area contributed by atoms with E-state index in [-0.39, 0.29) is 24.1 Å². The van der Waals surface area contributed by atoms with Crippen LogP contribution in [0.5, 0.6) is 0 Å². The highest BCUT2D eigenvalue weighted by Crippen LogP contribution is 2.40. The van der Waals surface area contributed by atoms with E-state index in [0.717, 1.165) is 44.9 Å². The van der Waals surface area contributed by atoms with Crippen LogP contribution in [0.2, 0.25) is 0 Å². The second kappa shape index (κ2) is 7.67. The number of carbonyl (C=O) groups excluding carboxylic acids is 2. The van der Waals surface area contributed by atoms with E-state index in [4.69, 9.17) is 4.74 Å². The summed E-state index contributed by atoms with van der Waals surface area (Å²) in [5.74, 6) is 0.578. The van der Waals surface area contributed by atoms with E-state index in [9.17, 15) is 9.59 Å². The number of nitrogens with zero attached hydrogens (tertiary/aromatic N) is 1. The van der Waals surface area contributed by atoms with E-state index < -0.39 is 5.60 Å². The van der Waals surface area contributed by atoms with Gasteiger partial charge in [-0.2, -0.15) is 0 Å². The topological polar surface area (TPSA) is 46.6 Å². The van der Waals surface area contributed by atoms with E-state index in [1.807, 2.05) is 25.7 Å². The monoisotopic (exact) mass is 323 g/mol. The summed E-state index contributed by atoms with van der Waals surface area (Å²) < 4.78 is 5.55. The van der Waals surface area contributed by atoms with Crippen LogP contribution in [0.1, 0.15) is 85.5 Å². The molecule has 2 rings (SSSR count). The molecule has 23 heavy (non-hydrogen) atoms. The zero-order valence-corrected chi connectivity index (χ0v) is 15.3. The van der Waals surface area contributed by atoms with Crippen LogP contribution in [0.4, 0.5) is 4.79 Å². The predicted octanol–water partition coefficient (Wildman–Crippen LogP) is 4.70. The van der Waals surface area contributed by atoms with Crippen LogP contribution in [0, 0.1) is 5.92 Å². The Morgan fingerprint density at radius 1 is 1.04 bits per heavy atom. The Kier molecular flexibility index (Phi) is 6.10. The molecule has 2 aliphatic rings. The maximum atomic E-state index is 12.5. The Balaban J connectivity index is 1.86. The van der Waals surface area contributed by atoms with Gasteiger partial charge in [-0.1, -0.05) is 26.2 Å². The minimum absolute atomic E-state index is 0.160. The van der Waals surface area contributed by atoms with Crippen LogP contribution >= 0.6 is 0 Å². The second-order valence-electron chi connectivity index (χ2n) is 8.22. The van der Waals surface area contributed by atoms with Crippen LogP contribution < -0.4 is 0 Å². The van der Waals surface area contributed by atoms with Crippen molar-refractivity contribution < 1.29 is 14.3 Å². The van der Waals surface area contributed by atoms with E-state index in [1.165, 1.54) is 12.8 Å². The number of rotatable bonds is 6. The highest BCUT2D eigenvalue weighted by molar-refractivity contribution is 5.81. The fraction of sp³-hybridized carbons (Fsp3) is 0.895. The van der Waals surface area contributed by atoms with Gasteiger partial charge in [0.2, 0.25) is 0 Å². The Hall–Kier alpha value is -1.06. The molecule has 0 radical (unpaired) electrons. The predicted molar refractivity (Wildman–Crippen MR) is 91.4 cm³/mol. The molecule has 2 fully saturated rings. The van der Waals surface area contributed by atoms with Gasteiger partial charge in [0.1, 0.15) is 11.4 Å². The molecule has 4 heteroatoms. The first-order valence-corrected chi connectivity index (χ1v) is 9.36. The Labute approximate surface area is 140 Å². The first kappa shape index (κ1) is 18.3. The number of ketones is 1. The zero-order valence-electron chi connectivity index (χ0n) is 15.3. The van der Waals surface area contributed by atoms with Gasteiger partial charge in [0.15, 0.2) is 0 Å². The van der Waals surface area contributed by atoms with Crippen molar-refractivity contribution in [3.63, 3.8) is 0 Å². The average molecular weight is 323 g/mol. The van der Waals surface area contributed by atoms with Gasteiger partial charge in [-0.25, -0.2) is 4.79 Å². The van der Waals surface area contributed by atoms with Crippen molar-refractivity contribution in [3.8, 4) is 0 Å². The summed E-state index contributed by atoms with van der Waals surface area (Å²) in [5, 5.41) is 0. The van der Waals surface area contributed by atoms with Gasteiger partial charge >= 0.3 is 6.09 Å². The van der Waals surface area contributed by atoms with E-state index >= 15 is 0 Å². The molecule has 0 aliphatic carbocycles. The summed E-state index contributed by atoms with van der Waals surface area (Å²) in [5.41, 5.74) is -0.456. The number of hydrogen-bond acceptors (Lipinski definition) is 3. The first-order chi connectivity index (χ1) is 10.8. The Morgan fingerprint density at radius 3 is 2.17 bits per heavy atom. The van der Waals surface area contributed by atoms with Gasteiger partial charge in [0, 0.05) is 24.4 Å². The molecule has 2 saturated heterocycles. The SMILES string of the molecule is CCCCCCC(=O)C1CC2CCC(C1)N2C(=O)OC(C)(C)C. The molecule has 0 aromatic rings. The number of ether oxygens (including phenoxy) is 1. The van der Waals surface area contributed by atoms with E-state index in [2.05, 4.69) is 6.92 Å². The third-order valence-corrected chi connectivity index (χ3v) is 5.07. The number of amides is 1. The molecule has 4 nitrogen and oxygen atoms in total. The summed E-state index contributed by atoms with van der Waals surface area (Å²) in [6.07, 6.45) is 8.83. The molecule has 0 N–H and O–H groups in total. The lowest BCUT2D eigenvalue weighted by atomic mass is 9.85. The van der Waals surface area contributed by atoms with Crippen LogP contribution in [-0.4, -0.2) is 34.5 Å². The molecule has 0 spiro atoms. The number of hydrogen-bond donors (Lipinski definition) is 0. The van der Waals surface area contributed by atoms with Crippen molar-refractivity contribution in [2.75, 3.05) is 0 Å². The summed E-state index contributed by atoms with van der Waals surface area (Å²) in [6.45, 7) is 7.89. The third-order valence-electron chi connectivity index (χ3n) is 5.07. The highest BCUT2D eigenvalue weighted by Gasteiger charge is 2.46. The zero-order chi connectivity index (χ0) is 17.0. The maximum Gasteiger partial charge on any atom is 0.410 e. The van der Waals surface area contributed by atoms with Crippen molar-refractivity contribution in [3.05, 3.63) is 0 Å². The number of carbonyl (C=O) groups is 2. The molecular weight excluding hydrogens is 290 g/mol. The van der Waals surface area contributed by atoms with Gasteiger partial charge in [-0.15, -0.1) is 0 Å². The second-order valence-corrected chi connectivity index (χ2v) is 8.22. The highest BCUT2D eigenvalue weighted by atomic mass is 16.6. The molecule has 2 heterocycles. The molecule has 132 valence electrons. The van der Waals surface area contributed by atoms with Gasteiger partial charge in [0.25, 0.3) is 0 Å². The third kappa shape index (κ3) is 4.95. The molecule has 0 aromatic heterocycles. The quantitative estimate of drug-likeness (QED) is 0.665. The van der Waals surface area contributed by atoms with E-state index in [1.54, 1.807) is 0 Å². The number of Topliss-reactive ketones (excluding diaryl/α,β-unsaturated/α-hetero) is 1. The van der Waals surface area contributed by atoms with E-state index in [0.29, 0.717) is 5.78 Å². The summed E-state index contributed by atoms with van der Waals surface area (Å²) in [7, 11) is 0. The normalized spacial score (nSPS) is 27.1. The average Bonchev–Trinajstić information content (AvgIpc) is 2.72. The van der Waals surface area contributed by atoms with Crippen molar-refractivity contribution in [2.24, 2.45) is 5.92 Å². The minimum Gasteiger partial charge on any atom is -0.444 e. The van der Waals surface area contributed by atoms with Crippen LogP contribution in [0.25, 0.3) is 0 Å². The van der Waals surface area contributed by atoms with Gasteiger partial charge in [-0.3, -0.25) is 4.79 Å². The molecule has 2 bridgehead atoms. The van der Waals surface area contributed by atoms with Crippen molar-refractivity contribution >= 4 is 11.9 Å². The van der Waals surface area contributed by atoms with Crippen molar-refractivity contribution in [2.45, 2.75) is 103 Å².